The van der Waals surface area contributed by atoms with Crippen LogP contribution in [0.2, 0.25) is 0 Å². The molecule has 3 heteroatoms. The molecule has 1 N–H and O–H groups in total. The Hall–Kier alpha value is -3.22. The molecule has 194 valence electrons. The molecule has 0 radical (unpaired) electrons. The van der Waals surface area contributed by atoms with Crippen LogP contribution < -0.4 is 0 Å². The van der Waals surface area contributed by atoms with Crippen LogP contribution in [0.1, 0.15) is 75.2 Å². The molecule has 0 amide bonds. The van der Waals surface area contributed by atoms with Crippen molar-refractivity contribution in [3.63, 3.8) is 0 Å². The van der Waals surface area contributed by atoms with Crippen molar-refractivity contribution in [3.8, 4) is 23.0 Å². The molecule has 0 saturated heterocycles. The number of hydrogen-bond acceptors (Lipinski definition) is 3. The van der Waals surface area contributed by atoms with Gasteiger partial charge in [-0.1, -0.05) is 67.5 Å². The first kappa shape index (κ1) is 25.1. The van der Waals surface area contributed by atoms with Crippen LogP contribution >= 0.6 is 0 Å². The fourth-order valence-electron chi connectivity index (χ4n) is 8.34. The molecule has 4 aliphatic rings. The van der Waals surface area contributed by atoms with Crippen LogP contribution in [0.25, 0.3) is 16.7 Å². The summed E-state index contributed by atoms with van der Waals surface area (Å²) in [5.41, 5.74) is 4.55. The summed E-state index contributed by atoms with van der Waals surface area (Å²) in [6, 6.07) is 15.9. The zero-order chi connectivity index (χ0) is 26.7. The summed E-state index contributed by atoms with van der Waals surface area (Å²) >= 11 is 0. The van der Waals surface area contributed by atoms with Gasteiger partial charge in [0.05, 0.1) is 0 Å². The summed E-state index contributed by atoms with van der Waals surface area (Å²) in [7, 11) is 0. The Bertz CT molecular complexity index is 1450. The van der Waals surface area contributed by atoms with Gasteiger partial charge in [-0.05, 0) is 98.0 Å². The number of carbonyl (C=O) groups is 2. The van der Waals surface area contributed by atoms with Gasteiger partial charge in [-0.15, -0.1) is 5.92 Å². The number of fused-ring (bicyclic) bond motifs is 5. The van der Waals surface area contributed by atoms with Gasteiger partial charge in [-0.3, -0.25) is 9.59 Å². The first-order valence-electron chi connectivity index (χ1n) is 14.1. The fourth-order valence-corrected chi connectivity index (χ4v) is 8.34. The molecule has 2 aromatic rings. The fraction of sp³-hybridized carbons (Fsp3) is 0.429. The Morgan fingerprint density at radius 3 is 2.58 bits per heavy atom. The SMILES string of the molecule is CC#C[C@]1(O)CC[C@H]2[C@@H]3C=CC4=C(c5ccccc5-c5cccc(C(C)=O)c5)C(=O)CC[C@@H]4[C@H]3CC[C@@]21C. The predicted molar refractivity (Wildman–Crippen MR) is 151 cm³/mol. The highest BCUT2D eigenvalue weighted by Crippen LogP contribution is 2.64. The van der Waals surface area contributed by atoms with E-state index < -0.39 is 5.60 Å². The van der Waals surface area contributed by atoms with E-state index in [4.69, 9.17) is 0 Å². The third-order valence-corrected chi connectivity index (χ3v) is 10.3. The Morgan fingerprint density at radius 2 is 1.82 bits per heavy atom. The number of hydrogen-bond donors (Lipinski definition) is 1. The molecule has 3 nitrogen and oxygen atoms in total. The lowest BCUT2D eigenvalue weighted by molar-refractivity contribution is -0.114. The Morgan fingerprint density at radius 1 is 1.03 bits per heavy atom. The van der Waals surface area contributed by atoms with Gasteiger partial charge in [0.25, 0.3) is 0 Å². The van der Waals surface area contributed by atoms with Crippen molar-refractivity contribution in [2.24, 2.45) is 29.1 Å². The van der Waals surface area contributed by atoms with Crippen LogP contribution in [0.3, 0.4) is 0 Å². The highest BCUT2D eigenvalue weighted by molar-refractivity contribution is 6.24. The van der Waals surface area contributed by atoms with E-state index in [1.807, 2.05) is 43.3 Å². The molecule has 0 unspecified atom stereocenters. The van der Waals surface area contributed by atoms with Crippen molar-refractivity contribution in [3.05, 3.63) is 77.4 Å². The second kappa shape index (κ2) is 9.21. The molecule has 4 aliphatic carbocycles. The smallest absolute Gasteiger partial charge is 0.163 e. The number of Topliss-reactive ketones (excluding diaryl/α,β-unsaturated/α-hetero) is 2. The van der Waals surface area contributed by atoms with Gasteiger partial charge in [0.15, 0.2) is 11.6 Å². The van der Waals surface area contributed by atoms with Gasteiger partial charge in [0.1, 0.15) is 5.60 Å². The largest absolute Gasteiger partial charge is 0.377 e. The molecule has 2 saturated carbocycles. The minimum Gasteiger partial charge on any atom is -0.377 e. The molecule has 0 spiro atoms. The van der Waals surface area contributed by atoms with Crippen LogP contribution in [-0.4, -0.2) is 22.3 Å². The van der Waals surface area contributed by atoms with Crippen LogP contribution in [0.15, 0.2) is 66.3 Å². The molecule has 2 aromatic carbocycles. The standard InChI is InChI=1S/C35H36O3/c1-4-18-35(38)20-17-31-28-12-13-30-26(27(28)16-19-34(31,35)3)14-15-32(37)33(30)29-11-6-5-10-25(29)24-9-7-8-23(21-24)22(2)36/h5-13,21,26-28,31,38H,14-17,19-20H2,1-3H3/t26-,27-,28-,31+,34+,35+/m1/s1. The number of aliphatic hydroxyl groups is 1. The van der Waals surface area contributed by atoms with Crippen molar-refractivity contribution < 1.29 is 14.7 Å². The lowest BCUT2D eigenvalue weighted by atomic mass is 9.52. The minimum atomic E-state index is -0.900. The topological polar surface area (TPSA) is 54.4 Å². The number of allylic oxidation sites excluding steroid dienone is 4. The maximum atomic E-state index is 13.6. The lowest BCUT2D eigenvalue weighted by Gasteiger charge is -2.53. The van der Waals surface area contributed by atoms with Crippen LogP contribution in [0.4, 0.5) is 0 Å². The molecular weight excluding hydrogens is 468 g/mol. The van der Waals surface area contributed by atoms with Gasteiger partial charge in [0.2, 0.25) is 0 Å². The molecular formula is C35H36O3. The quantitative estimate of drug-likeness (QED) is 0.360. The Balaban J connectivity index is 1.44. The Kier molecular flexibility index (Phi) is 6.08. The van der Waals surface area contributed by atoms with Crippen molar-refractivity contribution in [1.82, 2.24) is 0 Å². The van der Waals surface area contributed by atoms with E-state index in [9.17, 15) is 14.7 Å². The monoisotopic (exact) mass is 504 g/mol. The van der Waals surface area contributed by atoms with Crippen LogP contribution in [0, 0.1) is 40.9 Å². The molecule has 6 rings (SSSR count). The first-order chi connectivity index (χ1) is 18.3. The summed E-state index contributed by atoms with van der Waals surface area (Å²) in [6.07, 6.45) is 9.84. The van der Waals surface area contributed by atoms with Gasteiger partial charge in [-0.2, -0.15) is 0 Å². The van der Waals surface area contributed by atoms with Crippen molar-refractivity contribution in [1.29, 1.82) is 0 Å². The summed E-state index contributed by atoms with van der Waals surface area (Å²) < 4.78 is 0. The molecule has 38 heavy (non-hydrogen) atoms. The molecule has 0 bridgehead atoms. The van der Waals surface area contributed by atoms with E-state index in [0.717, 1.165) is 54.4 Å². The van der Waals surface area contributed by atoms with E-state index >= 15 is 0 Å². The van der Waals surface area contributed by atoms with Gasteiger partial charge in [-0.25, -0.2) is 0 Å². The van der Waals surface area contributed by atoms with Gasteiger partial charge in [0, 0.05) is 23.0 Å². The maximum Gasteiger partial charge on any atom is 0.163 e. The van der Waals surface area contributed by atoms with E-state index in [-0.39, 0.29) is 17.0 Å². The summed E-state index contributed by atoms with van der Waals surface area (Å²) in [6.45, 7) is 5.67. The highest BCUT2D eigenvalue weighted by atomic mass is 16.3. The minimum absolute atomic E-state index is 0.0365. The third-order valence-electron chi connectivity index (χ3n) is 10.3. The van der Waals surface area contributed by atoms with Gasteiger partial charge >= 0.3 is 0 Å². The first-order valence-corrected chi connectivity index (χ1v) is 14.1. The van der Waals surface area contributed by atoms with Gasteiger partial charge < -0.3 is 5.11 Å². The summed E-state index contributed by atoms with van der Waals surface area (Å²) in [5.74, 6) is 8.09. The molecule has 2 fully saturated rings. The van der Waals surface area contributed by atoms with E-state index in [0.29, 0.717) is 35.7 Å². The maximum absolute atomic E-state index is 13.6. The van der Waals surface area contributed by atoms with E-state index in [1.165, 1.54) is 5.57 Å². The number of ketones is 2. The van der Waals surface area contributed by atoms with Crippen LogP contribution in [-0.2, 0) is 4.79 Å². The number of rotatable bonds is 3. The average Bonchev–Trinajstić information content (AvgIpc) is 3.19. The second-order valence-corrected chi connectivity index (χ2v) is 12.0. The van der Waals surface area contributed by atoms with Crippen molar-refractivity contribution >= 4 is 17.1 Å². The van der Waals surface area contributed by atoms with E-state index in [1.54, 1.807) is 6.92 Å². The number of carbonyl (C=O) groups excluding carboxylic acids is 2. The molecule has 0 aliphatic heterocycles. The lowest BCUT2D eigenvalue weighted by Crippen LogP contribution is -2.51. The second-order valence-electron chi connectivity index (χ2n) is 12.0. The Labute approximate surface area is 226 Å². The van der Waals surface area contributed by atoms with E-state index in [2.05, 4.69) is 43.0 Å². The predicted octanol–water partition coefficient (Wildman–Crippen LogP) is 7.06. The summed E-state index contributed by atoms with van der Waals surface area (Å²) in [5, 5.41) is 11.5. The normalized spacial score (nSPS) is 33.6. The number of benzene rings is 2. The van der Waals surface area contributed by atoms with Crippen molar-refractivity contribution in [2.75, 3.05) is 0 Å². The third kappa shape index (κ3) is 3.69. The zero-order valence-electron chi connectivity index (χ0n) is 22.6. The molecule has 6 atom stereocenters. The molecule has 0 aromatic heterocycles. The highest BCUT2D eigenvalue weighted by Gasteiger charge is 2.61. The zero-order valence-corrected chi connectivity index (χ0v) is 22.6. The van der Waals surface area contributed by atoms with Crippen molar-refractivity contribution in [2.45, 2.75) is 64.9 Å². The summed E-state index contributed by atoms with van der Waals surface area (Å²) in [4.78, 5) is 25.6. The van der Waals surface area contributed by atoms with Crippen LogP contribution in [0.5, 0.6) is 0 Å². The average molecular weight is 505 g/mol. The molecule has 0 heterocycles.